The van der Waals surface area contributed by atoms with E-state index in [4.69, 9.17) is 15.2 Å². The molecule has 6 heteroatoms. The van der Waals surface area contributed by atoms with E-state index in [9.17, 15) is 10.2 Å². The molecule has 0 saturated carbocycles. The minimum atomic E-state index is -0.595. The second kappa shape index (κ2) is 11.9. The van der Waals surface area contributed by atoms with Gasteiger partial charge in [0.1, 0.15) is 0 Å². The molecule has 1 fully saturated rings. The van der Waals surface area contributed by atoms with E-state index in [0.29, 0.717) is 19.5 Å². The largest absolute Gasteiger partial charge is 0.392 e. The molecular formula is C29H36N2O4. The van der Waals surface area contributed by atoms with Crippen LogP contribution in [0.2, 0.25) is 0 Å². The average molecular weight is 477 g/mol. The van der Waals surface area contributed by atoms with Gasteiger partial charge in [-0.1, -0.05) is 78.9 Å². The molecule has 0 amide bonds. The van der Waals surface area contributed by atoms with Crippen molar-refractivity contribution in [3.63, 3.8) is 0 Å². The molecular weight excluding hydrogens is 440 g/mol. The van der Waals surface area contributed by atoms with Gasteiger partial charge in [0.25, 0.3) is 0 Å². The summed E-state index contributed by atoms with van der Waals surface area (Å²) < 4.78 is 12.8. The molecule has 186 valence electrons. The predicted octanol–water partition coefficient (Wildman–Crippen LogP) is 4.24. The monoisotopic (exact) mass is 476 g/mol. The van der Waals surface area contributed by atoms with E-state index in [1.54, 1.807) is 0 Å². The number of hydrogen-bond donors (Lipinski definition) is 3. The fourth-order valence-corrected chi connectivity index (χ4v) is 4.50. The summed E-state index contributed by atoms with van der Waals surface area (Å²) in [6, 6.07) is 25.6. The molecule has 0 unspecified atom stereocenters. The summed E-state index contributed by atoms with van der Waals surface area (Å²) in [5.74, 6) is 0. The van der Waals surface area contributed by atoms with Crippen LogP contribution in [0.1, 0.15) is 59.7 Å². The normalized spacial score (nSPS) is 22.2. The third kappa shape index (κ3) is 6.35. The number of nitrogens with zero attached hydrogens (tertiary/aromatic N) is 1. The fraction of sp³-hybridized carbons (Fsp3) is 0.379. The quantitative estimate of drug-likeness (QED) is 0.428. The van der Waals surface area contributed by atoms with Gasteiger partial charge in [0.05, 0.1) is 24.9 Å². The molecule has 6 nitrogen and oxygen atoms in total. The highest BCUT2D eigenvalue weighted by Gasteiger charge is 2.34. The summed E-state index contributed by atoms with van der Waals surface area (Å²) in [7, 11) is 2.02. The van der Waals surface area contributed by atoms with E-state index in [2.05, 4.69) is 4.90 Å². The minimum absolute atomic E-state index is 0.0140. The van der Waals surface area contributed by atoms with Crippen molar-refractivity contribution < 1.29 is 19.7 Å². The Morgan fingerprint density at radius 1 is 0.914 bits per heavy atom. The Labute approximate surface area is 207 Å². The summed E-state index contributed by atoms with van der Waals surface area (Å²) in [5, 5.41) is 20.3. The summed E-state index contributed by atoms with van der Waals surface area (Å²) in [4.78, 5) is 2.15. The van der Waals surface area contributed by atoms with Gasteiger partial charge < -0.3 is 25.4 Å². The first-order valence-electron chi connectivity index (χ1n) is 12.2. The van der Waals surface area contributed by atoms with Gasteiger partial charge >= 0.3 is 0 Å². The van der Waals surface area contributed by atoms with Gasteiger partial charge in [-0.3, -0.25) is 4.90 Å². The molecule has 0 aliphatic carbocycles. The van der Waals surface area contributed by atoms with Crippen LogP contribution in [0, 0.1) is 0 Å². The lowest BCUT2D eigenvalue weighted by molar-refractivity contribution is -0.253. The predicted molar refractivity (Wildman–Crippen MR) is 136 cm³/mol. The molecule has 4 rings (SSSR count). The lowest BCUT2D eigenvalue weighted by atomic mass is 9.98. The Kier molecular flexibility index (Phi) is 8.68. The Morgan fingerprint density at radius 3 is 2.17 bits per heavy atom. The van der Waals surface area contributed by atoms with Crippen molar-refractivity contribution in [3.05, 3.63) is 107 Å². The van der Waals surface area contributed by atoms with Gasteiger partial charge in [0.15, 0.2) is 6.29 Å². The number of ether oxygens (including phenoxy) is 2. The molecule has 0 bridgehead atoms. The van der Waals surface area contributed by atoms with Gasteiger partial charge in [0, 0.05) is 31.1 Å². The van der Waals surface area contributed by atoms with E-state index in [1.807, 2.05) is 92.8 Å². The topological polar surface area (TPSA) is 88.2 Å². The Morgan fingerprint density at radius 2 is 1.54 bits per heavy atom. The molecule has 1 aliphatic rings. The van der Waals surface area contributed by atoms with Crippen LogP contribution in [0.25, 0.3) is 0 Å². The molecule has 1 saturated heterocycles. The van der Waals surface area contributed by atoms with Crippen molar-refractivity contribution in [1.82, 2.24) is 4.90 Å². The first-order valence-corrected chi connectivity index (χ1v) is 12.2. The molecule has 0 radical (unpaired) electrons. The van der Waals surface area contributed by atoms with Crippen LogP contribution in [0.5, 0.6) is 0 Å². The van der Waals surface area contributed by atoms with Crippen LogP contribution in [0.15, 0.2) is 78.9 Å². The van der Waals surface area contributed by atoms with Crippen molar-refractivity contribution in [3.8, 4) is 0 Å². The van der Waals surface area contributed by atoms with E-state index in [0.717, 1.165) is 27.8 Å². The highest BCUT2D eigenvalue weighted by atomic mass is 16.7. The maximum atomic E-state index is 10.9. The maximum absolute atomic E-state index is 10.9. The molecule has 4 N–H and O–H groups in total. The summed E-state index contributed by atoms with van der Waals surface area (Å²) >= 11 is 0. The van der Waals surface area contributed by atoms with Crippen molar-refractivity contribution in [2.75, 3.05) is 13.6 Å². The molecule has 0 aromatic heterocycles. The number of aliphatic hydroxyl groups is 2. The maximum Gasteiger partial charge on any atom is 0.184 e. The third-order valence-corrected chi connectivity index (χ3v) is 6.89. The van der Waals surface area contributed by atoms with Crippen molar-refractivity contribution >= 4 is 0 Å². The van der Waals surface area contributed by atoms with Gasteiger partial charge in [-0.2, -0.15) is 0 Å². The molecule has 1 heterocycles. The van der Waals surface area contributed by atoms with Crippen molar-refractivity contribution in [2.24, 2.45) is 5.73 Å². The molecule has 5 atom stereocenters. The van der Waals surface area contributed by atoms with E-state index in [-0.39, 0.29) is 24.9 Å². The third-order valence-electron chi connectivity index (χ3n) is 6.89. The van der Waals surface area contributed by atoms with Gasteiger partial charge in [-0.25, -0.2) is 0 Å². The zero-order valence-corrected chi connectivity index (χ0v) is 20.5. The Bertz CT molecular complexity index is 987. The number of likely N-dealkylation sites (N-methyl/N-ethyl adjacent to an activating group) is 1. The van der Waals surface area contributed by atoms with Crippen LogP contribution in [-0.2, 0) is 22.6 Å². The first kappa shape index (κ1) is 25.5. The van der Waals surface area contributed by atoms with Gasteiger partial charge in [0.2, 0.25) is 0 Å². The van der Waals surface area contributed by atoms with Crippen molar-refractivity contribution in [1.29, 1.82) is 0 Å². The van der Waals surface area contributed by atoms with E-state index >= 15 is 0 Å². The number of benzene rings is 3. The zero-order valence-electron chi connectivity index (χ0n) is 20.5. The minimum Gasteiger partial charge on any atom is -0.392 e. The number of aliphatic hydroxyl groups excluding tert-OH is 2. The highest BCUT2D eigenvalue weighted by Crippen LogP contribution is 2.38. The average Bonchev–Trinajstić information content (AvgIpc) is 2.92. The molecule has 3 aromatic rings. The SMILES string of the molecule is C[C@@H]([C@H](O)c1ccccc1)N(C)C[C@H]1C[C@@H](c2ccc(CO)cc2)O[C@@H](c2ccc(CN)cc2)O1. The number of nitrogens with two attached hydrogens (primary N) is 1. The standard InChI is InChI=1S/C29H36N2O4/c1-20(28(33)24-6-4-3-5-7-24)31(2)18-26-16-27(23-12-10-22(19-32)11-13-23)35-29(34-26)25-14-8-21(17-30)9-15-25/h3-15,20,26-29,32-33H,16-19,30H2,1-2H3/t20-,26+,27-,28-,29-/m0/s1. The smallest absolute Gasteiger partial charge is 0.184 e. The van der Waals surface area contributed by atoms with E-state index < -0.39 is 12.4 Å². The van der Waals surface area contributed by atoms with Gasteiger partial charge in [-0.05, 0) is 36.2 Å². The molecule has 0 spiro atoms. The van der Waals surface area contributed by atoms with Gasteiger partial charge in [-0.15, -0.1) is 0 Å². The second-order valence-corrected chi connectivity index (χ2v) is 9.33. The Hall–Kier alpha value is -2.58. The summed E-state index contributed by atoms with van der Waals surface area (Å²) in [5.41, 5.74) is 10.6. The first-order chi connectivity index (χ1) is 17.0. The highest BCUT2D eigenvalue weighted by molar-refractivity contribution is 5.26. The number of hydrogen-bond acceptors (Lipinski definition) is 6. The summed E-state index contributed by atoms with van der Waals surface area (Å²) in [6.07, 6.45) is -0.661. The number of rotatable bonds is 9. The van der Waals surface area contributed by atoms with Crippen LogP contribution in [-0.4, -0.2) is 40.9 Å². The van der Waals surface area contributed by atoms with Crippen molar-refractivity contribution in [2.45, 2.75) is 57.1 Å². The van der Waals surface area contributed by atoms with Crippen LogP contribution < -0.4 is 5.73 Å². The molecule has 1 aliphatic heterocycles. The fourth-order valence-electron chi connectivity index (χ4n) is 4.50. The van der Waals surface area contributed by atoms with Crippen LogP contribution >= 0.6 is 0 Å². The summed E-state index contributed by atoms with van der Waals surface area (Å²) in [6.45, 7) is 3.18. The molecule has 35 heavy (non-hydrogen) atoms. The molecule has 3 aromatic carbocycles. The Balaban J connectivity index is 1.51. The van der Waals surface area contributed by atoms with E-state index in [1.165, 1.54) is 0 Å². The van der Waals surface area contributed by atoms with Crippen LogP contribution in [0.3, 0.4) is 0 Å². The van der Waals surface area contributed by atoms with Crippen LogP contribution in [0.4, 0.5) is 0 Å². The second-order valence-electron chi connectivity index (χ2n) is 9.33. The lowest BCUT2D eigenvalue weighted by Crippen LogP contribution is -2.43. The lowest BCUT2D eigenvalue weighted by Gasteiger charge is -2.39. The zero-order chi connectivity index (χ0) is 24.8.